The summed E-state index contributed by atoms with van der Waals surface area (Å²) in [5.41, 5.74) is 0. The molecule has 0 radical (unpaired) electrons. The smallest absolute Gasteiger partial charge is 0.306 e. The molecule has 6 nitrogen and oxygen atoms in total. The molecule has 0 amide bonds. The van der Waals surface area contributed by atoms with Gasteiger partial charge in [-0.1, -0.05) is 345 Å². The fourth-order valence-corrected chi connectivity index (χ4v) is 10.4. The van der Waals surface area contributed by atoms with Gasteiger partial charge in [-0.2, -0.15) is 0 Å². The highest BCUT2D eigenvalue weighted by Crippen LogP contribution is 2.19. The molecule has 78 heavy (non-hydrogen) atoms. The average Bonchev–Trinajstić information content (AvgIpc) is 3.44. The van der Waals surface area contributed by atoms with Crippen LogP contribution in [0.25, 0.3) is 0 Å². The van der Waals surface area contributed by atoms with Crippen LogP contribution >= 0.6 is 0 Å². The van der Waals surface area contributed by atoms with E-state index in [2.05, 4.69) is 69.4 Å². The number of unbranched alkanes of at least 4 members (excludes halogenated alkanes) is 45. The van der Waals surface area contributed by atoms with Gasteiger partial charge in [-0.15, -0.1) is 0 Å². The summed E-state index contributed by atoms with van der Waals surface area (Å²) in [6.07, 6.45) is 84.4. The summed E-state index contributed by atoms with van der Waals surface area (Å²) < 4.78 is 16.9. The number of ether oxygens (including phenoxy) is 3. The maximum absolute atomic E-state index is 12.9. The number of hydrogen-bond donors (Lipinski definition) is 0. The Morgan fingerprint density at radius 1 is 0.269 bits per heavy atom. The van der Waals surface area contributed by atoms with Crippen LogP contribution in [0.1, 0.15) is 374 Å². The van der Waals surface area contributed by atoms with E-state index in [4.69, 9.17) is 14.2 Å². The summed E-state index contributed by atoms with van der Waals surface area (Å²) in [6.45, 7) is 6.56. The van der Waals surface area contributed by atoms with Crippen LogP contribution in [0, 0.1) is 0 Å². The van der Waals surface area contributed by atoms with E-state index in [9.17, 15) is 14.4 Å². The second-order valence-corrected chi connectivity index (χ2v) is 23.4. The summed E-state index contributed by atoms with van der Waals surface area (Å²) in [7, 11) is 0. The predicted octanol–water partition coefficient (Wildman–Crippen LogP) is 23.7. The third-order valence-electron chi connectivity index (χ3n) is 15.6. The van der Waals surface area contributed by atoms with E-state index in [-0.39, 0.29) is 37.5 Å². The van der Waals surface area contributed by atoms with Gasteiger partial charge in [0.15, 0.2) is 6.10 Å². The molecule has 0 N–H and O–H groups in total. The van der Waals surface area contributed by atoms with Crippen LogP contribution in [-0.4, -0.2) is 37.2 Å². The van der Waals surface area contributed by atoms with Gasteiger partial charge >= 0.3 is 17.9 Å². The molecule has 456 valence electrons. The molecule has 1 atom stereocenters. The van der Waals surface area contributed by atoms with Crippen LogP contribution in [0.15, 0.2) is 48.6 Å². The number of esters is 3. The fourth-order valence-electron chi connectivity index (χ4n) is 10.4. The van der Waals surface area contributed by atoms with Crippen molar-refractivity contribution in [2.75, 3.05) is 13.2 Å². The summed E-state index contributed by atoms with van der Waals surface area (Å²) in [5.74, 6) is -0.903. The van der Waals surface area contributed by atoms with Gasteiger partial charge in [0, 0.05) is 19.3 Å². The molecule has 0 aliphatic rings. The first-order valence-electron chi connectivity index (χ1n) is 34.6. The normalized spacial score (nSPS) is 12.3. The second kappa shape index (κ2) is 66.9. The van der Waals surface area contributed by atoms with Crippen molar-refractivity contribution in [3.05, 3.63) is 48.6 Å². The third kappa shape index (κ3) is 64.2. The zero-order valence-electron chi connectivity index (χ0n) is 52.5. The van der Waals surface area contributed by atoms with Crippen molar-refractivity contribution in [3.8, 4) is 0 Å². The van der Waals surface area contributed by atoms with Crippen LogP contribution in [0.2, 0.25) is 0 Å². The molecule has 0 aromatic heterocycles. The molecule has 0 aromatic carbocycles. The minimum absolute atomic E-state index is 0.0850. The Balaban J connectivity index is 4.17. The molecule has 0 spiro atoms. The van der Waals surface area contributed by atoms with Gasteiger partial charge in [0.25, 0.3) is 0 Å². The lowest BCUT2D eigenvalue weighted by molar-refractivity contribution is -0.167. The lowest BCUT2D eigenvalue weighted by Gasteiger charge is -2.18. The SMILES string of the molecule is CC/C=C\C/C=C\C/C=C\C/C=C\CCCCC(=O)OC(COC(=O)CCCCCCCCCCCCCCCCC)COC(=O)CCCCCCCCCCCCCCCCCCCCCCCCCCCCCCCC. The Morgan fingerprint density at radius 3 is 0.782 bits per heavy atom. The van der Waals surface area contributed by atoms with Gasteiger partial charge in [-0.25, -0.2) is 0 Å². The van der Waals surface area contributed by atoms with Gasteiger partial charge in [0.1, 0.15) is 13.2 Å². The van der Waals surface area contributed by atoms with Gasteiger partial charge in [-0.3, -0.25) is 14.4 Å². The van der Waals surface area contributed by atoms with Crippen LogP contribution in [0.4, 0.5) is 0 Å². The number of hydrogen-bond acceptors (Lipinski definition) is 6. The summed E-state index contributed by atoms with van der Waals surface area (Å²) in [6, 6.07) is 0. The fraction of sp³-hybridized carbons (Fsp3) is 0.847. The van der Waals surface area contributed by atoms with Crippen molar-refractivity contribution in [2.24, 2.45) is 0 Å². The van der Waals surface area contributed by atoms with Crippen LogP contribution in [0.5, 0.6) is 0 Å². The van der Waals surface area contributed by atoms with Crippen molar-refractivity contribution in [3.63, 3.8) is 0 Å². The lowest BCUT2D eigenvalue weighted by atomic mass is 10.0. The van der Waals surface area contributed by atoms with Crippen LogP contribution in [-0.2, 0) is 28.6 Å². The highest BCUT2D eigenvalue weighted by Gasteiger charge is 2.19. The first kappa shape index (κ1) is 75.4. The van der Waals surface area contributed by atoms with Gasteiger partial charge < -0.3 is 14.2 Å². The predicted molar refractivity (Wildman–Crippen MR) is 339 cm³/mol. The Kier molecular flexibility index (Phi) is 64.6. The summed E-state index contributed by atoms with van der Waals surface area (Å²) >= 11 is 0. The minimum atomic E-state index is -0.792. The molecular weight excluding hydrogens is 961 g/mol. The van der Waals surface area contributed by atoms with E-state index >= 15 is 0 Å². The van der Waals surface area contributed by atoms with Crippen molar-refractivity contribution in [1.82, 2.24) is 0 Å². The molecule has 0 aliphatic carbocycles. The Morgan fingerprint density at radius 2 is 0.500 bits per heavy atom. The van der Waals surface area contributed by atoms with E-state index in [0.29, 0.717) is 19.3 Å². The van der Waals surface area contributed by atoms with E-state index in [1.54, 1.807) is 0 Å². The molecule has 0 bridgehead atoms. The largest absolute Gasteiger partial charge is 0.462 e. The molecule has 1 unspecified atom stereocenters. The second-order valence-electron chi connectivity index (χ2n) is 23.4. The van der Waals surface area contributed by atoms with Gasteiger partial charge in [-0.05, 0) is 57.8 Å². The highest BCUT2D eigenvalue weighted by molar-refractivity contribution is 5.71. The molecule has 0 heterocycles. The molecule has 0 saturated carbocycles. The molecule has 6 heteroatoms. The maximum atomic E-state index is 12.9. The van der Waals surface area contributed by atoms with E-state index in [0.717, 1.165) is 77.0 Å². The quantitative estimate of drug-likeness (QED) is 0.0261. The Hall–Kier alpha value is -2.63. The Labute approximate surface area is 486 Å². The molecule has 0 aromatic rings. The Bertz CT molecular complexity index is 1350. The minimum Gasteiger partial charge on any atom is -0.462 e. The molecule has 0 aliphatic heterocycles. The van der Waals surface area contributed by atoms with E-state index in [1.165, 1.54) is 250 Å². The number of carbonyl (C=O) groups is 3. The monoisotopic (exact) mass is 1090 g/mol. The molecular formula is C72H132O6. The average molecular weight is 1090 g/mol. The van der Waals surface area contributed by atoms with E-state index < -0.39 is 6.10 Å². The lowest BCUT2D eigenvalue weighted by Crippen LogP contribution is -2.30. The number of carbonyl (C=O) groups excluding carboxylic acids is 3. The number of rotatable bonds is 64. The first-order valence-corrected chi connectivity index (χ1v) is 34.6. The zero-order valence-corrected chi connectivity index (χ0v) is 52.5. The first-order chi connectivity index (χ1) is 38.5. The maximum Gasteiger partial charge on any atom is 0.306 e. The molecule has 0 saturated heterocycles. The van der Waals surface area contributed by atoms with Crippen LogP contribution in [0.3, 0.4) is 0 Å². The molecule has 0 rings (SSSR count). The van der Waals surface area contributed by atoms with Gasteiger partial charge in [0.2, 0.25) is 0 Å². The van der Waals surface area contributed by atoms with Crippen LogP contribution < -0.4 is 0 Å². The highest BCUT2D eigenvalue weighted by atomic mass is 16.6. The van der Waals surface area contributed by atoms with Crippen molar-refractivity contribution >= 4 is 17.9 Å². The van der Waals surface area contributed by atoms with E-state index in [1.807, 2.05) is 0 Å². The summed E-state index contributed by atoms with van der Waals surface area (Å²) in [4.78, 5) is 38.3. The standard InChI is InChI=1S/C72H132O6/c1-4-7-10-13-16-19-22-25-28-29-30-31-32-33-34-35-36-37-38-39-40-41-42-45-47-50-53-56-59-62-65-71(74)77-68-69(78-72(75)66-63-60-57-54-51-48-44-27-24-21-18-15-12-9-6-3)67-76-70(73)64-61-58-55-52-49-46-43-26-23-20-17-14-11-8-5-2/h9,12,18,21,27,44,51,54,69H,4-8,10-11,13-17,19-20,22-26,28-43,45-50,52-53,55-68H2,1-3H3/b12-9-,21-18-,44-27-,54-51-. The third-order valence-corrected chi connectivity index (χ3v) is 15.6. The number of allylic oxidation sites excluding steroid dienone is 8. The summed E-state index contributed by atoms with van der Waals surface area (Å²) in [5, 5.41) is 0. The topological polar surface area (TPSA) is 78.9 Å². The van der Waals surface area contributed by atoms with Crippen molar-refractivity contribution < 1.29 is 28.6 Å². The molecule has 0 fully saturated rings. The van der Waals surface area contributed by atoms with Gasteiger partial charge in [0.05, 0.1) is 0 Å². The van der Waals surface area contributed by atoms with Crippen molar-refractivity contribution in [2.45, 2.75) is 380 Å². The van der Waals surface area contributed by atoms with Crippen molar-refractivity contribution in [1.29, 1.82) is 0 Å². The zero-order chi connectivity index (χ0) is 56.4.